The molecule has 1 N–H and O–H groups in total. The highest BCUT2D eigenvalue weighted by Gasteiger charge is 2.38. The monoisotopic (exact) mass is 915 g/mol. The summed E-state index contributed by atoms with van der Waals surface area (Å²) in [7, 11) is 0. The number of hydrogen-bond acceptors (Lipinski definition) is 11. The number of fused-ring (bicyclic) bond motifs is 2. The number of morpholine rings is 2. The molecule has 0 aliphatic carbocycles. The van der Waals surface area contributed by atoms with E-state index in [1.54, 1.807) is 46.2 Å². The van der Waals surface area contributed by atoms with E-state index in [4.69, 9.17) is 9.47 Å². The molecular formula is C46H34F5N11O5. The molecule has 67 heavy (non-hydrogen) atoms. The fourth-order valence-electron chi connectivity index (χ4n) is 7.93. The number of rotatable bonds is 8. The highest BCUT2D eigenvalue weighted by atomic mass is 19.4. The van der Waals surface area contributed by atoms with Gasteiger partial charge in [-0.3, -0.25) is 14.4 Å². The van der Waals surface area contributed by atoms with Gasteiger partial charge in [0.15, 0.2) is 11.4 Å². The number of ether oxygens (including phenoxy) is 2. The highest BCUT2D eigenvalue weighted by molar-refractivity contribution is 6.12. The molecule has 2 aliphatic heterocycles. The first kappa shape index (κ1) is 42.9. The van der Waals surface area contributed by atoms with Crippen molar-refractivity contribution in [1.29, 1.82) is 0 Å². The van der Waals surface area contributed by atoms with Gasteiger partial charge in [-0.2, -0.15) is 32.7 Å². The number of anilines is 1. The van der Waals surface area contributed by atoms with Gasteiger partial charge in [0.05, 0.1) is 37.5 Å². The van der Waals surface area contributed by atoms with Gasteiger partial charge in [0.25, 0.3) is 29.6 Å². The molecular weight excluding hydrogens is 882 g/mol. The summed E-state index contributed by atoms with van der Waals surface area (Å²) in [6, 6.07) is 18.5. The molecule has 3 amide bonds. The van der Waals surface area contributed by atoms with E-state index >= 15 is 4.39 Å². The number of aromatic nitrogens is 8. The first-order valence-corrected chi connectivity index (χ1v) is 20.8. The zero-order valence-electron chi connectivity index (χ0n) is 34.9. The number of nitrogens with one attached hydrogen (secondary N) is 1. The summed E-state index contributed by atoms with van der Waals surface area (Å²) in [5, 5.41) is 11.0. The summed E-state index contributed by atoms with van der Waals surface area (Å²) in [6.45, 7) is 2.90. The van der Waals surface area contributed by atoms with Crippen LogP contribution in [-0.2, 0) is 15.7 Å². The molecule has 4 aromatic carbocycles. The lowest BCUT2D eigenvalue weighted by Crippen LogP contribution is -2.40. The molecule has 2 saturated heterocycles. The van der Waals surface area contributed by atoms with Crippen molar-refractivity contribution in [3.05, 3.63) is 138 Å². The second kappa shape index (κ2) is 17.4. The molecule has 21 heteroatoms. The summed E-state index contributed by atoms with van der Waals surface area (Å²) >= 11 is 0. The Kier molecular flexibility index (Phi) is 11.1. The number of carbonyl (C=O) groups is 3. The summed E-state index contributed by atoms with van der Waals surface area (Å²) in [6.07, 6.45) is 0.408. The fourth-order valence-corrected chi connectivity index (χ4v) is 7.93. The lowest BCUT2D eigenvalue weighted by molar-refractivity contribution is -0.140. The Hall–Kier alpha value is -8.04. The molecule has 10 rings (SSSR count). The first-order chi connectivity index (χ1) is 32.4. The quantitative estimate of drug-likeness (QED) is 0.159. The average Bonchev–Trinajstić information content (AvgIpc) is 3.94. The van der Waals surface area contributed by atoms with Gasteiger partial charge in [0.1, 0.15) is 11.6 Å². The second-order valence-corrected chi connectivity index (χ2v) is 15.5. The van der Waals surface area contributed by atoms with E-state index in [9.17, 15) is 31.9 Å². The lowest BCUT2D eigenvalue weighted by atomic mass is 10.1. The van der Waals surface area contributed by atoms with Crippen LogP contribution in [-0.4, -0.2) is 120 Å². The molecule has 0 saturated carbocycles. The van der Waals surface area contributed by atoms with Crippen LogP contribution in [0.1, 0.15) is 36.9 Å². The van der Waals surface area contributed by atoms with Gasteiger partial charge in [-0.1, -0.05) is 18.2 Å². The van der Waals surface area contributed by atoms with Crippen molar-refractivity contribution in [2.75, 3.05) is 57.9 Å². The molecule has 0 spiro atoms. The molecule has 6 heterocycles. The Bertz CT molecular complexity index is 3220. The third-order valence-electron chi connectivity index (χ3n) is 11.3. The van der Waals surface area contributed by atoms with Crippen molar-refractivity contribution in [3.63, 3.8) is 0 Å². The van der Waals surface area contributed by atoms with E-state index in [0.29, 0.717) is 74.6 Å². The van der Waals surface area contributed by atoms with Gasteiger partial charge in [-0.25, -0.2) is 28.7 Å². The summed E-state index contributed by atoms with van der Waals surface area (Å²) in [5.74, 6) is -2.88. The predicted molar refractivity (Wildman–Crippen MR) is 231 cm³/mol. The third kappa shape index (κ3) is 8.29. The minimum Gasteiger partial charge on any atom is -0.378 e. The van der Waals surface area contributed by atoms with Crippen molar-refractivity contribution in [2.45, 2.75) is 6.18 Å². The molecule has 0 atom stereocenters. The molecule has 0 radical (unpaired) electrons. The fraction of sp³-hybridized carbons (Fsp3) is 0.196. The summed E-state index contributed by atoms with van der Waals surface area (Å²) in [4.78, 5) is 61.1. The van der Waals surface area contributed by atoms with Crippen LogP contribution in [0.5, 0.6) is 0 Å². The second-order valence-electron chi connectivity index (χ2n) is 15.5. The van der Waals surface area contributed by atoms with Crippen LogP contribution in [0.3, 0.4) is 0 Å². The van der Waals surface area contributed by atoms with Crippen LogP contribution in [0.2, 0.25) is 0 Å². The number of hydrogen-bond donors (Lipinski definition) is 1. The van der Waals surface area contributed by atoms with Gasteiger partial charge < -0.3 is 24.6 Å². The van der Waals surface area contributed by atoms with Crippen molar-refractivity contribution in [1.82, 2.24) is 49.3 Å². The normalized spacial score (nSPS) is 14.5. The largest absolute Gasteiger partial charge is 0.435 e. The first-order valence-electron chi connectivity index (χ1n) is 20.8. The number of nitrogens with zero attached hydrogens (tertiary/aromatic N) is 10. The van der Waals surface area contributed by atoms with Gasteiger partial charge in [-0.15, -0.1) is 0 Å². The van der Waals surface area contributed by atoms with E-state index < -0.39 is 29.4 Å². The van der Waals surface area contributed by atoms with E-state index in [0.717, 1.165) is 10.7 Å². The van der Waals surface area contributed by atoms with Crippen LogP contribution >= 0.6 is 0 Å². The summed E-state index contributed by atoms with van der Waals surface area (Å²) < 4.78 is 85.7. The van der Waals surface area contributed by atoms with Crippen molar-refractivity contribution in [3.8, 4) is 34.2 Å². The molecule has 338 valence electrons. The molecule has 16 nitrogen and oxygen atoms in total. The maximum Gasteiger partial charge on any atom is 0.435 e. The molecule has 8 aromatic rings. The molecule has 2 fully saturated rings. The van der Waals surface area contributed by atoms with Crippen LogP contribution in [0.15, 0.2) is 104 Å². The Morgan fingerprint density at radius 2 is 1.09 bits per heavy atom. The maximum atomic E-state index is 15.9. The predicted octanol–water partition coefficient (Wildman–Crippen LogP) is 6.77. The smallest absolute Gasteiger partial charge is 0.378 e. The van der Waals surface area contributed by atoms with Gasteiger partial charge in [-0.05, 0) is 60.7 Å². The molecule has 0 bridgehead atoms. The average molecular weight is 916 g/mol. The number of alkyl halides is 3. The number of amides is 3. The van der Waals surface area contributed by atoms with E-state index in [-0.39, 0.29) is 68.2 Å². The van der Waals surface area contributed by atoms with Crippen LogP contribution in [0.4, 0.5) is 27.6 Å². The topological polar surface area (TPSA) is 175 Å². The molecule has 0 unspecified atom stereocenters. The number of carbonyl (C=O) groups excluding carboxylic acids is 3. The van der Waals surface area contributed by atoms with Crippen molar-refractivity contribution < 1.29 is 45.8 Å². The SMILES string of the molecule is O=C(Nc1ccc(-c2cnc(-n3nc(C(F)(F)F)c4ccc(C(=O)N5CCOCC5)cc43)nc2)c(F)c1)c1nn(-c2ncc(-c3ccccc3F)cn2)c2cc(C(=O)N3CCOCC3)ccc12. The third-order valence-corrected chi connectivity index (χ3v) is 11.3. The van der Waals surface area contributed by atoms with E-state index in [2.05, 4.69) is 35.5 Å². The number of benzene rings is 4. The van der Waals surface area contributed by atoms with Crippen LogP contribution in [0.25, 0.3) is 56.0 Å². The minimum atomic E-state index is -4.84. The molecule has 2 aliphatic rings. The summed E-state index contributed by atoms with van der Waals surface area (Å²) in [5.41, 5.74) is 0.285. The minimum absolute atomic E-state index is 0.00687. The van der Waals surface area contributed by atoms with Gasteiger partial charge >= 0.3 is 6.18 Å². The van der Waals surface area contributed by atoms with Crippen molar-refractivity contribution >= 4 is 45.2 Å². The standard InChI is InChI=1S/C46H34F5N11O5/c47-35-4-2-1-3-31(35)28-22-52-44(53-23-28)61-37-19-26(42(64)59-11-15-66-16-12-59)5-8-33(37)39(57-61)41(63)56-30-7-10-32(36(48)21-30)29-24-54-45(55-25-29)62-38-20-27(43(65)60-13-17-67-18-14-60)6-9-34(38)40(58-62)46(49,50)51/h1-10,19-25H,11-18H2,(H,56,63). The Morgan fingerprint density at radius 3 is 1.63 bits per heavy atom. The van der Waals surface area contributed by atoms with E-state index in [1.807, 2.05) is 0 Å². The van der Waals surface area contributed by atoms with Gasteiger partial charge in [0, 0.05) is 101 Å². The van der Waals surface area contributed by atoms with Gasteiger partial charge in [0.2, 0.25) is 0 Å². The number of halogens is 5. The Morgan fingerprint density at radius 1 is 0.582 bits per heavy atom. The zero-order chi connectivity index (χ0) is 46.4. The highest BCUT2D eigenvalue weighted by Crippen LogP contribution is 2.36. The Balaban J connectivity index is 0.926. The Labute approximate surface area is 375 Å². The van der Waals surface area contributed by atoms with E-state index in [1.165, 1.54) is 65.9 Å². The van der Waals surface area contributed by atoms with Crippen LogP contribution < -0.4 is 5.32 Å². The lowest BCUT2D eigenvalue weighted by Gasteiger charge is -2.26. The molecule has 4 aromatic heterocycles. The zero-order valence-corrected chi connectivity index (χ0v) is 34.9. The van der Waals surface area contributed by atoms with Crippen molar-refractivity contribution in [2.24, 2.45) is 0 Å². The maximum absolute atomic E-state index is 15.9. The van der Waals surface area contributed by atoms with Crippen LogP contribution in [0, 0.1) is 11.6 Å².